The summed E-state index contributed by atoms with van der Waals surface area (Å²) in [5, 5.41) is 4.35. The van der Waals surface area contributed by atoms with Crippen LogP contribution < -0.4 is 11.1 Å². The highest BCUT2D eigenvalue weighted by Crippen LogP contribution is 2.28. The van der Waals surface area contributed by atoms with E-state index in [9.17, 15) is 0 Å². The Hall–Kier alpha value is -0.810. The lowest BCUT2D eigenvalue weighted by molar-refractivity contribution is 1.52. The number of hydrogen-bond acceptors (Lipinski definition) is 2. The van der Waals surface area contributed by atoms with Crippen molar-refractivity contribution in [3.8, 4) is 0 Å². The summed E-state index contributed by atoms with van der Waals surface area (Å²) in [7, 11) is 0. The van der Waals surface area contributed by atoms with Crippen molar-refractivity contribution in [2.45, 2.75) is 0 Å². The Kier molecular flexibility index (Phi) is 4.68. The van der Waals surface area contributed by atoms with E-state index in [-0.39, 0.29) is 4.99 Å². The fourth-order valence-corrected chi connectivity index (χ4v) is 2.48. The summed E-state index contributed by atoms with van der Waals surface area (Å²) in [5.41, 5.74) is 7.93. The van der Waals surface area contributed by atoms with Crippen molar-refractivity contribution in [1.82, 2.24) is 0 Å². The quantitative estimate of drug-likeness (QED) is 0.730. The van der Waals surface area contributed by atoms with Crippen LogP contribution in [-0.4, -0.2) is 4.99 Å². The van der Waals surface area contributed by atoms with E-state index >= 15 is 0 Å². The van der Waals surface area contributed by atoms with Gasteiger partial charge in [0.25, 0.3) is 0 Å². The van der Waals surface area contributed by atoms with Crippen LogP contribution in [0, 0.1) is 0 Å². The Morgan fingerprint density at radius 3 is 2.16 bits per heavy atom. The normalized spacial score (nSPS) is 10.3. The number of halogens is 3. The molecule has 0 aliphatic rings. The Balaban J connectivity index is 2.26. The summed E-state index contributed by atoms with van der Waals surface area (Å²) in [6.07, 6.45) is 0. The van der Waals surface area contributed by atoms with Gasteiger partial charge in [-0.3, -0.25) is 0 Å². The van der Waals surface area contributed by atoms with Gasteiger partial charge in [0.2, 0.25) is 0 Å². The standard InChI is InChI=1S/C13H9BrCl2N2S/c14-10-4-2-8(6-12(10)16)18-7-1-3-9(13(17)19)11(15)5-7/h1-6,18H,(H2,17,19). The van der Waals surface area contributed by atoms with Gasteiger partial charge in [0.15, 0.2) is 0 Å². The Labute approximate surface area is 135 Å². The lowest BCUT2D eigenvalue weighted by atomic mass is 10.2. The van der Waals surface area contributed by atoms with Gasteiger partial charge in [-0.2, -0.15) is 0 Å². The zero-order chi connectivity index (χ0) is 14.0. The van der Waals surface area contributed by atoms with E-state index in [0.717, 1.165) is 15.8 Å². The number of nitrogens with one attached hydrogen (secondary N) is 1. The molecular formula is C13H9BrCl2N2S. The molecule has 0 fully saturated rings. The second-order valence-corrected chi connectivity index (χ2v) is 5.92. The van der Waals surface area contributed by atoms with E-state index in [0.29, 0.717) is 15.6 Å². The fourth-order valence-electron chi connectivity index (χ4n) is 1.53. The maximum atomic E-state index is 6.11. The predicted octanol–water partition coefficient (Wildman–Crippen LogP) is 5.13. The third kappa shape index (κ3) is 3.60. The molecule has 19 heavy (non-hydrogen) atoms. The highest BCUT2D eigenvalue weighted by Gasteiger charge is 2.05. The van der Waals surface area contributed by atoms with Crippen LogP contribution in [0.1, 0.15) is 5.56 Å². The lowest BCUT2D eigenvalue weighted by Gasteiger charge is -2.09. The van der Waals surface area contributed by atoms with E-state index in [2.05, 4.69) is 21.2 Å². The molecule has 0 radical (unpaired) electrons. The molecule has 0 spiro atoms. The van der Waals surface area contributed by atoms with Gasteiger partial charge in [-0.1, -0.05) is 35.4 Å². The molecule has 2 aromatic carbocycles. The minimum Gasteiger partial charge on any atom is -0.389 e. The molecule has 0 aromatic heterocycles. The van der Waals surface area contributed by atoms with Crippen molar-refractivity contribution in [1.29, 1.82) is 0 Å². The van der Waals surface area contributed by atoms with Crippen molar-refractivity contribution in [3.63, 3.8) is 0 Å². The molecule has 0 saturated heterocycles. The van der Waals surface area contributed by atoms with Crippen molar-refractivity contribution < 1.29 is 0 Å². The first-order valence-electron chi connectivity index (χ1n) is 5.29. The topological polar surface area (TPSA) is 38.0 Å². The Morgan fingerprint density at radius 1 is 1.05 bits per heavy atom. The van der Waals surface area contributed by atoms with Gasteiger partial charge in [0, 0.05) is 21.4 Å². The number of anilines is 2. The lowest BCUT2D eigenvalue weighted by Crippen LogP contribution is -2.09. The van der Waals surface area contributed by atoms with Gasteiger partial charge in [-0.15, -0.1) is 0 Å². The predicted molar refractivity (Wildman–Crippen MR) is 89.8 cm³/mol. The molecule has 2 rings (SSSR count). The van der Waals surface area contributed by atoms with Crippen LogP contribution >= 0.6 is 51.3 Å². The molecular weight excluding hydrogens is 367 g/mol. The summed E-state index contributed by atoms with van der Waals surface area (Å²) < 4.78 is 0.849. The summed E-state index contributed by atoms with van der Waals surface area (Å²) in [5.74, 6) is 0. The molecule has 0 heterocycles. The van der Waals surface area contributed by atoms with Crippen molar-refractivity contribution in [2.75, 3.05) is 5.32 Å². The minimum absolute atomic E-state index is 0.281. The number of thiocarbonyl (C=S) groups is 1. The highest BCUT2D eigenvalue weighted by atomic mass is 79.9. The monoisotopic (exact) mass is 374 g/mol. The number of hydrogen-bond donors (Lipinski definition) is 2. The Bertz CT molecular complexity index is 647. The second-order valence-electron chi connectivity index (χ2n) is 3.81. The molecule has 98 valence electrons. The van der Waals surface area contributed by atoms with E-state index in [1.807, 2.05) is 24.3 Å². The fraction of sp³-hybridized carbons (Fsp3) is 0. The third-order valence-electron chi connectivity index (χ3n) is 2.44. The molecule has 0 saturated carbocycles. The largest absolute Gasteiger partial charge is 0.389 e. The van der Waals surface area contributed by atoms with Crippen LogP contribution in [0.5, 0.6) is 0 Å². The maximum Gasteiger partial charge on any atom is 0.105 e. The molecule has 0 aliphatic heterocycles. The molecule has 0 unspecified atom stereocenters. The van der Waals surface area contributed by atoms with Gasteiger partial charge >= 0.3 is 0 Å². The van der Waals surface area contributed by atoms with Crippen LogP contribution in [0.15, 0.2) is 40.9 Å². The molecule has 3 N–H and O–H groups in total. The number of nitrogens with two attached hydrogens (primary N) is 1. The molecule has 0 amide bonds. The molecule has 2 nitrogen and oxygen atoms in total. The van der Waals surface area contributed by atoms with Gasteiger partial charge in [0.1, 0.15) is 4.99 Å². The summed E-state index contributed by atoms with van der Waals surface area (Å²) in [6, 6.07) is 11.0. The first-order chi connectivity index (χ1) is 8.97. The van der Waals surface area contributed by atoms with Crippen LogP contribution in [-0.2, 0) is 0 Å². The number of rotatable bonds is 3. The van der Waals surface area contributed by atoms with E-state index < -0.39 is 0 Å². The SMILES string of the molecule is NC(=S)c1ccc(Nc2ccc(Br)c(Cl)c2)cc1Cl. The summed E-state index contributed by atoms with van der Waals surface area (Å²) in [6.45, 7) is 0. The van der Waals surface area contributed by atoms with Gasteiger partial charge < -0.3 is 11.1 Å². The average molecular weight is 376 g/mol. The van der Waals surface area contributed by atoms with Crippen LogP contribution in [0.3, 0.4) is 0 Å². The van der Waals surface area contributed by atoms with E-state index in [1.165, 1.54) is 0 Å². The van der Waals surface area contributed by atoms with Crippen LogP contribution in [0.2, 0.25) is 10.0 Å². The minimum atomic E-state index is 0.281. The molecule has 0 aliphatic carbocycles. The smallest absolute Gasteiger partial charge is 0.105 e. The first-order valence-corrected chi connectivity index (χ1v) is 7.24. The Morgan fingerprint density at radius 2 is 1.63 bits per heavy atom. The summed E-state index contributed by atoms with van der Waals surface area (Å²) >= 11 is 20.4. The van der Waals surface area contributed by atoms with Crippen molar-refractivity contribution >= 4 is 67.7 Å². The first kappa shape index (κ1) is 14.6. The zero-order valence-corrected chi connectivity index (χ0v) is 13.5. The van der Waals surface area contributed by atoms with Gasteiger partial charge in [-0.05, 0) is 52.3 Å². The molecule has 2 aromatic rings. The summed E-state index contributed by atoms with van der Waals surface area (Å²) in [4.78, 5) is 0.281. The van der Waals surface area contributed by atoms with Gasteiger partial charge in [-0.25, -0.2) is 0 Å². The molecule has 0 bridgehead atoms. The van der Waals surface area contributed by atoms with E-state index in [1.54, 1.807) is 12.1 Å². The zero-order valence-electron chi connectivity index (χ0n) is 9.58. The van der Waals surface area contributed by atoms with E-state index in [4.69, 9.17) is 41.2 Å². The van der Waals surface area contributed by atoms with Crippen LogP contribution in [0.25, 0.3) is 0 Å². The highest BCUT2D eigenvalue weighted by molar-refractivity contribution is 9.10. The van der Waals surface area contributed by atoms with Crippen LogP contribution in [0.4, 0.5) is 11.4 Å². The average Bonchev–Trinajstić information content (AvgIpc) is 2.33. The molecule has 0 atom stereocenters. The maximum absolute atomic E-state index is 6.11. The van der Waals surface area contributed by atoms with Crippen molar-refractivity contribution in [3.05, 3.63) is 56.5 Å². The molecule has 6 heteroatoms. The second kappa shape index (κ2) is 6.09. The van der Waals surface area contributed by atoms with Gasteiger partial charge in [0.05, 0.1) is 10.0 Å². The number of benzene rings is 2. The van der Waals surface area contributed by atoms with Crippen molar-refractivity contribution in [2.24, 2.45) is 5.73 Å². The third-order valence-corrected chi connectivity index (χ3v) is 4.21.